The first-order chi connectivity index (χ1) is 15.9. The Morgan fingerprint density at radius 3 is 2.21 bits per heavy atom. The quantitative estimate of drug-likeness (QED) is 0.375. The molecule has 2 aromatic rings. The fourth-order valence-electron chi connectivity index (χ4n) is 3.84. The molecule has 1 saturated heterocycles. The molecule has 1 amide bonds. The van der Waals surface area contributed by atoms with Crippen LogP contribution in [0.1, 0.15) is 24.2 Å². The Hall–Kier alpha value is -3.14. The smallest absolute Gasteiger partial charge is 0.356 e. The van der Waals surface area contributed by atoms with E-state index in [-0.39, 0.29) is 12.3 Å². The van der Waals surface area contributed by atoms with Gasteiger partial charge in [0.25, 0.3) is 5.91 Å². The van der Waals surface area contributed by atoms with E-state index in [4.69, 9.17) is 19.9 Å². The summed E-state index contributed by atoms with van der Waals surface area (Å²) in [6.07, 6.45) is -0.697. The molecule has 33 heavy (non-hydrogen) atoms. The maximum atomic E-state index is 13.5. The second-order valence-electron chi connectivity index (χ2n) is 7.67. The molecule has 9 heteroatoms. The van der Waals surface area contributed by atoms with Gasteiger partial charge in [-0.2, -0.15) is 0 Å². The molecule has 1 fully saturated rings. The van der Waals surface area contributed by atoms with E-state index in [2.05, 4.69) is 0 Å². The fraction of sp³-hybridized carbons (Fsp3) is 0.292. The van der Waals surface area contributed by atoms with Crippen molar-refractivity contribution in [1.82, 2.24) is 4.90 Å². The SMILES string of the molecule is CO[C@@]1(N)C(=O)N2C(C(=O)OC(c3ccccc3)c3ccccc3)=C(COC(C)=O)CS[C@@H]21. The van der Waals surface area contributed by atoms with E-state index in [1.54, 1.807) is 0 Å². The third kappa shape index (κ3) is 4.27. The second-order valence-corrected chi connectivity index (χ2v) is 8.74. The van der Waals surface area contributed by atoms with Crippen LogP contribution in [0.3, 0.4) is 0 Å². The molecule has 2 aliphatic rings. The van der Waals surface area contributed by atoms with Gasteiger partial charge in [0.15, 0.2) is 6.10 Å². The molecule has 0 aliphatic carbocycles. The van der Waals surface area contributed by atoms with Gasteiger partial charge in [0.05, 0.1) is 0 Å². The van der Waals surface area contributed by atoms with E-state index in [0.29, 0.717) is 11.3 Å². The van der Waals surface area contributed by atoms with Crippen molar-refractivity contribution in [2.75, 3.05) is 19.5 Å². The molecule has 2 N–H and O–H groups in total. The Morgan fingerprint density at radius 1 is 1.12 bits per heavy atom. The van der Waals surface area contributed by atoms with E-state index in [1.165, 1.54) is 30.7 Å². The lowest BCUT2D eigenvalue weighted by atomic mass is 9.99. The molecule has 0 radical (unpaired) electrons. The average molecular weight is 469 g/mol. The Labute approximate surface area is 195 Å². The minimum atomic E-state index is -1.53. The number of fused-ring (bicyclic) bond motifs is 1. The maximum absolute atomic E-state index is 13.5. The lowest BCUT2D eigenvalue weighted by Crippen LogP contribution is -2.78. The number of carbonyl (C=O) groups excluding carboxylic acids is 3. The molecule has 2 aromatic carbocycles. The molecule has 2 atom stereocenters. The van der Waals surface area contributed by atoms with Gasteiger partial charge in [-0.1, -0.05) is 60.7 Å². The molecule has 0 unspecified atom stereocenters. The highest BCUT2D eigenvalue weighted by atomic mass is 32.2. The number of rotatable bonds is 7. The van der Waals surface area contributed by atoms with Crippen molar-refractivity contribution < 1.29 is 28.6 Å². The second kappa shape index (κ2) is 9.38. The van der Waals surface area contributed by atoms with Gasteiger partial charge < -0.3 is 14.2 Å². The van der Waals surface area contributed by atoms with Crippen LogP contribution >= 0.6 is 11.8 Å². The third-order valence-corrected chi connectivity index (χ3v) is 6.95. The van der Waals surface area contributed by atoms with Crippen molar-refractivity contribution in [3.8, 4) is 0 Å². The van der Waals surface area contributed by atoms with Crippen LogP contribution in [0, 0.1) is 0 Å². The summed E-state index contributed by atoms with van der Waals surface area (Å²) in [7, 11) is 1.35. The molecule has 172 valence electrons. The van der Waals surface area contributed by atoms with Crippen LogP contribution in [-0.4, -0.2) is 53.3 Å². The molecule has 4 rings (SSSR count). The number of thioether (sulfide) groups is 1. The topological polar surface area (TPSA) is 108 Å². The number of carbonyl (C=O) groups is 3. The minimum absolute atomic E-state index is 0.0417. The van der Waals surface area contributed by atoms with E-state index in [0.717, 1.165) is 11.1 Å². The van der Waals surface area contributed by atoms with Crippen LogP contribution < -0.4 is 5.73 Å². The molecule has 8 nitrogen and oxygen atoms in total. The Balaban J connectivity index is 1.70. The Morgan fingerprint density at radius 2 is 1.70 bits per heavy atom. The largest absolute Gasteiger partial charge is 0.461 e. The van der Waals surface area contributed by atoms with E-state index in [9.17, 15) is 14.4 Å². The number of ether oxygens (including phenoxy) is 3. The van der Waals surface area contributed by atoms with Gasteiger partial charge in [0.2, 0.25) is 5.72 Å². The Kier molecular flexibility index (Phi) is 6.55. The van der Waals surface area contributed by atoms with Crippen molar-refractivity contribution in [2.24, 2.45) is 5.73 Å². The first kappa shape index (κ1) is 23.0. The number of amides is 1. The van der Waals surface area contributed by atoms with Gasteiger partial charge in [0.1, 0.15) is 17.7 Å². The highest BCUT2D eigenvalue weighted by Crippen LogP contribution is 2.46. The van der Waals surface area contributed by atoms with Crippen molar-refractivity contribution in [3.05, 3.63) is 83.1 Å². The lowest BCUT2D eigenvalue weighted by molar-refractivity contribution is -0.184. The number of methoxy groups -OCH3 is 1. The predicted molar refractivity (Wildman–Crippen MR) is 121 cm³/mol. The first-order valence-corrected chi connectivity index (χ1v) is 11.4. The maximum Gasteiger partial charge on any atom is 0.356 e. The summed E-state index contributed by atoms with van der Waals surface area (Å²) >= 11 is 1.34. The first-order valence-electron chi connectivity index (χ1n) is 10.3. The molecule has 2 aliphatic heterocycles. The molecule has 2 heterocycles. The predicted octanol–water partition coefficient (Wildman–Crippen LogP) is 2.35. The summed E-state index contributed by atoms with van der Waals surface area (Å²) in [6, 6.07) is 18.6. The standard InChI is InChI=1S/C24H24N2O6S/c1-15(27)31-13-18-14-33-23-24(25,30-2)22(29)26(23)19(18)21(28)32-20(16-9-5-3-6-10-16)17-11-7-4-8-12-17/h3-12,20,23H,13-14,25H2,1-2H3/t23-,24+/m1/s1. The van der Waals surface area contributed by atoms with Gasteiger partial charge in [-0.05, 0) is 11.1 Å². The molecular weight excluding hydrogens is 444 g/mol. The van der Waals surface area contributed by atoms with Crippen LogP contribution in [0.4, 0.5) is 0 Å². The van der Waals surface area contributed by atoms with Gasteiger partial charge in [-0.15, -0.1) is 11.8 Å². The summed E-state index contributed by atoms with van der Waals surface area (Å²) in [5.41, 5.74) is 6.67. The van der Waals surface area contributed by atoms with Crippen LogP contribution in [0.5, 0.6) is 0 Å². The molecule has 0 saturated carbocycles. The van der Waals surface area contributed by atoms with Crippen molar-refractivity contribution >= 4 is 29.6 Å². The van der Waals surface area contributed by atoms with Gasteiger partial charge in [-0.3, -0.25) is 20.2 Å². The number of nitrogens with two attached hydrogens (primary N) is 1. The summed E-state index contributed by atoms with van der Waals surface area (Å²) in [4.78, 5) is 39.1. The van der Waals surface area contributed by atoms with Gasteiger partial charge in [-0.25, -0.2) is 4.79 Å². The van der Waals surface area contributed by atoms with Crippen LogP contribution in [0.25, 0.3) is 0 Å². The van der Waals surface area contributed by atoms with Crippen molar-refractivity contribution in [2.45, 2.75) is 24.1 Å². The third-order valence-electron chi connectivity index (χ3n) is 5.56. The number of nitrogens with zero attached hydrogens (tertiary/aromatic N) is 1. The lowest BCUT2D eigenvalue weighted by Gasteiger charge is -2.54. The molecule has 0 bridgehead atoms. The summed E-state index contributed by atoms with van der Waals surface area (Å²) < 4.78 is 16.4. The van der Waals surface area contributed by atoms with E-state index < -0.39 is 35.0 Å². The van der Waals surface area contributed by atoms with Crippen LogP contribution in [0.15, 0.2) is 71.9 Å². The van der Waals surface area contributed by atoms with Gasteiger partial charge >= 0.3 is 11.9 Å². The monoisotopic (exact) mass is 468 g/mol. The fourth-order valence-corrected chi connectivity index (χ4v) is 5.21. The number of benzene rings is 2. The van der Waals surface area contributed by atoms with Crippen LogP contribution in [0.2, 0.25) is 0 Å². The zero-order chi connectivity index (χ0) is 23.6. The number of β-lactam (4-membered cyclic amide) rings is 1. The normalized spacial score (nSPS) is 22.0. The minimum Gasteiger partial charge on any atom is -0.461 e. The van der Waals surface area contributed by atoms with E-state index in [1.807, 2.05) is 60.7 Å². The van der Waals surface area contributed by atoms with Crippen LogP contribution in [-0.2, 0) is 28.6 Å². The molecule has 0 aromatic heterocycles. The Bertz CT molecular complexity index is 1050. The summed E-state index contributed by atoms with van der Waals surface area (Å²) in [5, 5.41) is -0.592. The molecular formula is C24H24N2O6S. The summed E-state index contributed by atoms with van der Waals surface area (Å²) in [6.45, 7) is 1.15. The average Bonchev–Trinajstić information content (AvgIpc) is 2.85. The van der Waals surface area contributed by atoms with Gasteiger partial charge in [0, 0.05) is 25.4 Å². The van der Waals surface area contributed by atoms with Crippen molar-refractivity contribution in [1.29, 1.82) is 0 Å². The van der Waals surface area contributed by atoms with E-state index >= 15 is 0 Å². The number of hydrogen-bond donors (Lipinski definition) is 1. The highest BCUT2D eigenvalue weighted by Gasteiger charge is 2.63. The summed E-state index contributed by atoms with van der Waals surface area (Å²) in [5.74, 6) is -1.42. The number of hydrogen-bond acceptors (Lipinski definition) is 8. The number of esters is 2. The highest BCUT2D eigenvalue weighted by molar-refractivity contribution is 8.00. The zero-order valence-electron chi connectivity index (χ0n) is 18.2. The van der Waals surface area contributed by atoms with Crippen molar-refractivity contribution in [3.63, 3.8) is 0 Å². The molecule has 0 spiro atoms. The zero-order valence-corrected chi connectivity index (χ0v) is 19.0.